The van der Waals surface area contributed by atoms with Crippen molar-refractivity contribution in [1.29, 1.82) is 0 Å². The average molecular weight is 669 g/mol. The van der Waals surface area contributed by atoms with Crippen LogP contribution in [0.5, 0.6) is 0 Å². The molecular weight excluding hydrogens is 620 g/mol. The molecule has 1 aliphatic heterocycles. The molecule has 1 aliphatic rings. The van der Waals surface area contributed by atoms with Gasteiger partial charge >= 0.3 is 0 Å². The minimum absolute atomic E-state index is 0.00670. The molecule has 0 unspecified atom stereocenters. The van der Waals surface area contributed by atoms with Crippen LogP contribution >= 0.6 is 12.6 Å². The second kappa shape index (κ2) is 19.7. The van der Waals surface area contributed by atoms with E-state index in [4.69, 9.17) is 4.74 Å². The maximum absolute atomic E-state index is 13.8. The van der Waals surface area contributed by atoms with Crippen LogP contribution in [-0.2, 0) is 41.7 Å². The number of hydrogen-bond donors (Lipinski definition) is 6. The predicted molar refractivity (Wildman–Crippen MR) is 183 cm³/mol. The number of aryl methyl sites for hydroxylation is 1. The number of nitrogens with one attached hydrogen (secondary N) is 5. The highest BCUT2D eigenvalue weighted by atomic mass is 32.1. The second-order valence-corrected chi connectivity index (χ2v) is 12.4. The van der Waals surface area contributed by atoms with Crippen LogP contribution in [0.15, 0.2) is 54.6 Å². The van der Waals surface area contributed by atoms with E-state index in [1.807, 2.05) is 80.3 Å². The second-order valence-electron chi connectivity index (χ2n) is 12.1. The third kappa shape index (κ3) is 13.8. The molecule has 0 radical (unpaired) electrons. The van der Waals surface area contributed by atoms with Crippen molar-refractivity contribution in [2.45, 2.75) is 58.3 Å². The minimum Gasteiger partial charge on any atom is -0.379 e. The summed E-state index contributed by atoms with van der Waals surface area (Å²) in [5.74, 6) is -2.42. The summed E-state index contributed by atoms with van der Waals surface area (Å²) in [5.41, 5.74) is 2.89. The van der Waals surface area contributed by atoms with Crippen LogP contribution in [0.3, 0.4) is 0 Å². The zero-order valence-electron chi connectivity index (χ0n) is 27.4. The summed E-state index contributed by atoms with van der Waals surface area (Å²) < 4.78 is 5.33. The van der Waals surface area contributed by atoms with Crippen molar-refractivity contribution in [2.75, 3.05) is 45.1 Å². The van der Waals surface area contributed by atoms with Crippen molar-refractivity contribution < 1.29 is 28.7 Å². The molecule has 5 amide bonds. The minimum atomic E-state index is -1.15. The first kappa shape index (κ1) is 37.5. The van der Waals surface area contributed by atoms with Crippen molar-refractivity contribution in [2.24, 2.45) is 5.92 Å². The van der Waals surface area contributed by atoms with E-state index in [1.54, 1.807) is 0 Å². The Morgan fingerprint density at radius 1 is 0.766 bits per heavy atom. The molecule has 5 N–H and O–H groups in total. The Kier molecular flexibility index (Phi) is 15.7. The Morgan fingerprint density at radius 3 is 2.04 bits per heavy atom. The number of benzene rings is 2. The van der Waals surface area contributed by atoms with E-state index in [9.17, 15) is 24.0 Å². The van der Waals surface area contributed by atoms with E-state index in [0.717, 1.165) is 16.7 Å². The zero-order chi connectivity index (χ0) is 34.2. The predicted octanol–water partition coefficient (Wildman–Crippen LogP) is 0.733. The number of nitrogens with zero attached hydrogens (tertiary/aromatic N) is 1. The molecule has 3 atom stereocenters. The number of thiol groups is 1. The fourth-order valence-corrected chi connectivity index (χ4v) is 5.12. The SMILES string of the molecule is Cc1ccc(CNC(=O)[C@H](Cc2ccccc2)NC(=O)[C@H](CC(C)C)NC(=O)[C@H](CNC(=O)CS)NC(=O)CN2CCOCC2)cc1. The van der Waals surface area contributed by atoms with Crippen molar-refractivity contribution >= 4 is 42.2 Å². The molecule has 12 nitrogen and oxygen atoms in total. The lowest BCUT2D eigenvalue weighted by molar-refractivity contribution is -0.134. The average Bonchev–Trinajstić information content (AvgIpc) is 3.06. The summed E-state index contributed by atoms with van der Waals surface area (Å²) in [6, 6.07) is 14.1. The molecule has 0 aromatic heterocycles. The van der Waals surface area contributed by atoms with Crippen molar-refractivity contribution in [3.05, 3.63) is 71.3 Å². The maximum atomic E-state index is 13.8. The van der Waals surface area contributed by atoms with E-state index < -0.39 is 41.8 Å². The molecule has 13 heteroatoms. The van der Waals surface area contributed by atoms with Gasteiger partial charge in [-0.05, 0) is 30.4 Å². The van der Waals surface area contributed by atoms with Crippen molar-refractivity contribution in [3.63, 3.8) is 0 Å². The van der Waals surface area contributed by atoms with Gasteiger partial charge in [0.1, 0.15) is 18.1 Å². The third-order valence-electron chi connectivity index (χ3n) is 7.61. The van der Waals surface area contributed by atoms with E-state index in [1.165, 1.54) is 0 Å². The normalized spacial score (nSPS) is 15.2. The van der Waals surface area contributed by atoms with Crippen LogP contribution in [0.2, 0.25) is 0 Å². The number of carbonyl (C=O) groups is 5. The monoisotopic (exact) mass is 668 g/mol. The Morgan fingerprint density at radius 2 is 1.40 bits per heavy atom. The fraction of sp³-hybridized carbons (Fsp3) is 0.500. The quantitative estimate of drug-likeness (QED) is 0.136. The summed E-state index contributed by atoms with van der Waals surface area (Å²) >= 11 is 3.97. The van der Waals surface area contributed by atoms with Gasteiger partial charge in [0, 0.05) is 32.6 Å². The standard InChI is InChI=1S/C34H48N6O6S/c1-23(2)17-27(38-34(45)29(20-35-31(42)22-47)37-30(41)21-40-13-15-46-16-14-40)33(44)39-28(18-25-7-5-4-6-8-25)32(43)36-19-26-11-9-24(3)10-12-26/h4-12,23,27-29,47H,13-22H2,1-3H3,(H,35,42)(H,36,43)(H,37,41)(H,38,45)(H,39,44)/t27-,28-,29-/m0/s1. The van der Waals surface area contributed by atoms with Gasteiger partial charge in [0.05, 0.1) is 25.5 Å². The largest absolute Gasteiger partial charge is 0.379 e. The lowest BCUT2D eigenvalue weighted by atomic mass is 10.0. The van der Waals surface area contributed by atoms with Crippen LogP contribution in [0, 0.1) is 12.8 Å². The van der Waals surface area contributed by atoms with Gasteiger partial charge in [0.15, 0.2) is 0 Å². The van der Waals surface area contributed by atoms with E-state index in [-0.39, 0.29) is 50.1 Å². The number of morpholine rings is 1. The van der Waals surface area contributed by atoms with Gasteiger partial charge in [0.2, 0.25) is 29.5 Å². The van der Waals surface area contributed by atoms with Gasteiger partial charge in [-0.15, -0.1) is 0 Å². The van der Waals surface area contributed by atoms with E-state index in [0.29, 0.717) is 26.3 Å². The summed E-state index contributed by atoms with van der Waals surface area (Å²) in [6.45, 7) is 8.16. The first-order chi connectivity index (χ1) is 22.5. The maximum Gasteiger partial charge on any atom is 0.245 e. The van der Waals surface area contributed by atoms with Crippen LogP contribution < -0.4 is 26.6 Å². The van der Waals surface area contributed by atoms with Gasteiger partial charge < -0.3 is 31.3 Å². The zero-order valence-corrected chi connectivity index (χ0v) is 28.3. The first-order valence-corrected chi connectivity index (χ1v) is 16.6. The van der Waals surface area contributed by atoms with Gasteiger partial charge in [-0.3, -0.25) is 28.9 Å². The molecule has 2 aromatic carbocycles. The molecule has 1 fully saturated rings. The molecule has 1 heterocycles. The molecule has 0 spiro atoms. The van der Waals surface area contributed by atoms with E-state index >= 15 is 0 Å². The van der Waals surface area contributed by atoms with Crippen LogP contribution in [0.25, 0.3) is 0 Å². The number of ether oxygens (including phenoxy) is 1. The van der Waals surface area contributed by atoms with E-state index in [2.05, 4.69) is 39.2 Å². The Bertz CT molecular complexity index is 1320. The van der Waals surface area contributed by atoms with Gasteiger partial charge in [-0.2, -0.15) is 12.6 Å². The number of rotatable bonds is 17. The Labute approximate surface area is 282 Å². The van der Waals surface area contributed by atoms with Crippen LogP contribution in [0.4, 0.5) is 0 Å². The summed E-state index contributed by atoms with van der Waals surface area (Å²) in [4.78, 5) is 67.5. The van der Waals surface area contributed by atoms with Crippen molar-refractivity contribution in [1.82, 2.24) is 31.5 Å². The molecule has 0 bridgehead atoms. The molecule has 47 heavy (non-hydrogen) atoms. The number of amides is 5. The third-order valence-corrected chi connectivity index (χ3v) is 7.90. The highest BCUT2D eigenvalue weighted by molar-refractivity contribution is 7.81. The molecule has 3 rings (SSSR count). The highest BCUT2D eigenvalue weighted by Crippen LogP contribution is 2.10. The molecule has 0 aliphatic carbocycles. The number of carbonyl (C=O) groups excluding carboxylic acids is 5. The molecule has 256 valence electrons. The topological polar surface area (TPSA) is 158 Å². The molecule has 0 saturated carbocycles. The Hall–Kier alpha value is -3.94. The molecule has 2 aromatic rings. The lowest BCUT2D eigenvalue weighted by Crippen LogP contribution is -2.59. The highest BCUT2D eigenvalue weighted by Gasteiger charge is 2.31. The van der Waals surface area contributed by atoms with Crippen molar-refractivity contribution in [3.8, 4) is 0 Å². The summed E-state index contributed by atoms with van der Waals surface area (Å²) in [5, 5.41) is 13.8. The molecule has 1 saturated heterocycles. The smallest absolute Gasteiger partial charge is 0.245 e. The summed E-state index contributed by atoms with van der Waals surface area (Å²) in [7, 11) is 0. The summed E-state index contributed by atoms with van der Waals surface area (Å²) in [6.07, 6.45) is 0.517. The lowest BCUT2D eigenvalue weighted by Gasteiger charge is -2.28. The fourth-order valence-electron chi connectivity index (χ4n) is 5.01. The first-order valence-electron chi connectivity index (χ1n) is 16.0. The number of hydrogen-bond acceptors (Lipinski definition) is 8. The van der Waals surface area contributed by atoms with Crippen LogP contribution in [0.1, 0.15) is 37.0 Å². The van der Waals surface area contributed by atoms with Gasteiger partial charge in [-0.25, -0.2) is 0 Å². The molecular formula is C34H48N6O6S. The van der Waals surface area contributed by atoms with Gasteiger partial charge in [-0.1, -0.05) is 74.0 Å². The Balaban J connectivity index is 1.73. The van der Waals surface area contributed by atoms with Gasteiger partial charge in [0.25, 0.3) is 0 Å². The van der Waals surface area contributed by atoms with Crippen LogP contribution in [-0.4, -0.2) is 97.7 Å².